The lowest BCUT2D eigenvalue weighted by Gasteiger charge is -2.04. The van der Waals surface area contributed by atoms with Crippen LogP contribution in [0.1, 0.15) is 46.5 Å². The van der Waals surface area contributed by atoms with Crippen LogP contribution < -0.4 is 5.32 Å². The van der Waals surface area contributed by atoms with Crippen LogP contribution in [-0.2, 0) is 4.79 Å². The molecule has 0 aliphatic carbocycles. The number of carbonyl (C=O) groups is 1. The summed E-state index contributed by atoms with van der Waals surface area (Å²) in [6.45, 7) is 6.84. The second kappa shape index (κ2) is 7.84. The predicted molar refractivity (Wildman–Crippen MR) is 56.6 cm³/mol. The Morgan fingerprint density at radius 3 is 2.62 bits per heavy atom. The van der Waals surface area contributed by atoms with E-state index in [1.54, 1.807) is 0 Å². The number of rotatable bonds is 6. The van der Waals surface area contributed by atoms with Gasteiger partial charge in [-0.1, -0.05) is 31.4 Å². The molecule has 0 saturated carbocycles. The van der Waals surface area contributed by atoms with E-state index in [1.807, 2.05) is 19.9 Å². The maximum Gasteiger partial charge on any atom is 0.220 e. The Balaban J connectivity index is 3.41. The first-order valence-electron chi connectivity index (χ1n) is 5.09. The number of hydrogen-bond donors (Lipinski definition) is 1. The van der Waals surface area contributed by atoms with E-state index < -0.39 is 0 Å². The van der Waals surface area contributed by atoms with Crippen LogP contribution in [0.3, 0.4) is 0 Å². The average Bonchev–Trinajstić information content (AvgIpc) is 2.14. The number of nitrogens with one attached hydrogen (secondary N) is 1. The van der Waals surface area contributed by atoms with Crippen molar-refractivity contribution < 1.29 is 4.79 Å². The Morgan fingerprint density at radius 2 is 2.08 bits per heavy atom. The van der Waals surface area contributed by atoms with Gasteiger partial charge in [-0.3, -0.25) is 4.79 Å². The maximum atomic E-state index is 11.2. The lowest BCUT2D eigenvalue weighted by atomic mass is 10.2. The Labute approximate surface area is 81.4 Å². The van der Waals surface area contributed by atoms with Gasteiger partial charge >= 0.3 is 0 Å². The number of amides is 1. The largest absolute Gasteiger partial charge is 0.352 e. The van der Waals surface area contributed by atoms with Crippen LogP contribution in [0.2, 0.25) is 0 Å². The third-order valence-corrected chi connectivity index (χ3v) is 2.06. The van der Waals surface area contributed by atoms with Crippen molar-refractivity contribution in [1.82, 2.24) is 5.32 Å². The number of hydrogen-bond acceptors (Lipinski definition) is 1. The molecule has 0 fully saturated rings. The quantitative estimate of drug-likeness (QED) is 0.498. The van der Waals surface area contributed by atoms with E-state index in [9.17, 15) is 4.79 Å². The van der Waals surface area contributed by atoms with Crippen LogP contribution >= 0.6 is 0 Å². The van der Waals surface area contributed by atoms with E-state index in [0.717, 1.165) is 12.8 Å². The molecule has 0 unspecified atom stereocenters. The Hall–Kier alpha value is -0.790. The van der Waals surface area contributed by atoms with E-state index in [1.165, 1.54) is 12.0 Å². The van der Waals surface area contributed by atoms with Gasteiger partial charge in [-0.05, 0) is 20.3 Å². The Kier molecular flexibility index (Phi) is 7.36. The molecule has 0 aliphatic heterocycles. The van der Waals surface area contributed by atoms with Gasteiger partial charge < -0.3 is 5.32 Å². The summed E-state index contributed by atoms with van der Waals surface area (Å²) in [6.07, 6.45) is 6.02. The van der Waals surface area contributed by atoms with Crippen LogP contribution in [0, 0.1) is 0 Å². The summed E-state index contributed by atoms with van der Waals surface area (Å²) in [5, 5.41) is 2.89. The summed E-state index contributed by atoms with van der Waals surface area (Å²) in [4.78, 5) is 11.2. The molecule has 0 atom stereocenters. The van der Waals surface area contributed by atoms with Crippen LogP contribution in [0.4, 0.5) is 0 Å². The fraction of sp³-hybridized carbons (Fsp3) is 0.727. The lowest BCUT2D eigenvalue weighted by molar-refractivity contribution is -0.121. The summed E-state index contributed by atoms with van der Waals surface area (Å²) in [6, 6.07) is 0. The molecule has 2 nitrogen and oxygen atoms in total. The molecule has 2 heteroatoms. The molecule has 0 heterocycles. The van der Waals surface area contributed by atoms with Gasteiger partial charge in [0, 0.05) is 13.0 Å². The van der Waals surface area contributed by atoms with Gasteiger partial charge in [-0.2, -0.15) is 0 Å². The summed E-state index contributed by atoms with van der Waals surface area (Å²) < 4.78 is 0. The van der Waals surface area contributed by atoms with Gasteiger partial charge in [-0.15, -0.1) is 0 Å². The predicted octanol–water partition coefficient (Wildman–Crippen LogP) is 2.65. The highest BCUT2D eigenvalue weighted by molar-refractivity contribution is 5.76. The van der Waals surface area contributed by atoms with Crippen LogP contribution in [-0.4, -0.2) is 12.5 Å². The topological polar surface area (TPSA) is 29.1 Å². The zero-order valence-corrected chi connectivity index (χ0v) is 9.02. The van der Waals surface area contributed by atoms with Gasteiger partial charge in [0.15, 0.2) is 0 Å². The second-order valence-electron chi connectivity index (χ2n) is 3.37. The van der Waals surface area contributed by atoms with Gasteiger partial charge in [0.1, 0.15) is 0 Å². The maximum absolute atomic E-state index is 11.2. The summed E-state index contributed by atoms with van der Waals surface area (Å²) >= 11 is 0. The first-order valence-corrected chi connectivity index (χ1v) is 5.09. The average molecular weight is 183 g/mol. The summed E-state index contributed by atoms with van der Waals surface area (Å²) in [5.74, 6) is 0.176. The fourth-order valence-electron chi connectivity index (χ4n) is 0.964. The zero-order valence-electron chi connectivity index (χ0n) is 9.02. The second-order valence-corrected chi connectivity index (χ2v) is 3.37. The Morgan fingerprint density at radius 1 is 1.38 bits per heavy atom. The molecular weight excluding hydrogens is 162 g/mol. The Bertz CT molecular complexity index is 173. The lowest BCUT2D eigenvalue weighted by Crippen LogP contribution is -2.24. The molecule has 0 rings (SSSR count). The molecule has 1 N–H and O–H groups in total. The van der Waals surface area contributed by atoms with Crippen molar-refractivity contribution in [1.29, 1.82) is 0 Å². The van der Waals surface area contributed by atoms with Crippen molar-refractivity contribution in [3.8, 4) is 0 Å². The molecule has 0 aromatic heterocycles. The molecule has 0 spiro atoms. The summed E-state index contributed by atoms with van der Waals surface area (Å²) in [7, 11) is 0. The highest BCUT2D eigenvalue weighted by Crippen LogP contribution is 1.98. The molecule has 0 saturated heterocycles. The molecule has 0 bridgehead atoms. The van der Waals surface area contributed by atoms with Crippen LogP contribution in [0.15, 0.2) is 11.6 Å². The first-order chi connectivity index (χ1) is 6.20. The molecule has 0 aromatic carbocycles. The van der Waals surface area contributed by atoms with Crippen molar-refractivity contribution in [2.24, 2.45) is 0 Å². The number of unbranched alkanes of at least 4 members (excludes halogenated alkanes) is 2. The minimum Gasteiger partial charge on any atom is -0.352 e. The van der Waals surface area contributed by atoms with Gasteiger partial charge in [0.25, 0.3) is 0 Å². The fourth-order valence-corrected chi connectivity index (χ4v) is 0.964. The standard InChI is InChI=1S/C11H21NO/c1-4-6-7-8-11(13)12-9-10(3)5-2/h5H,4,6-9H2,1-3H3,(H,12,13)/b10-5+. The van der Waals surface area contributed by atoms with Crippen LogP contribution in [0.5, 0.6) is 0 Å². The van der Waals surface area contributed by atoms with Gasteiger partial charge in [-0.25, -0.2) is 0 Å². The normalized spacial score (nSPS) is 11.5. The highest BCUT2D eigenvalue weighted by Gasteiger charge is 1.99. The molecule has 76 valence electrons. The molecule has 0 radical (unpaired) electrons. The molecule has 0 aliphatic rings. The molecular formula is C11H21NO. The van der Waals surface area contributed by atoms with E-state index in [-0.39, 0.29) is 5.91 Å². The van der Waals surface area contributed by atoms with Gasteiger partial charge in [0.2, 0.25) is 5.91 Å². The molecule has 1 amide bonds. The third-order valence-electron chi connectivity index (χ3n) is 2.06. The number of allylic oxidation sites excluding steroid dienone is 1. The van der Waals surface area contributed by atoms with Crippen molar-refractivity contribution in [2.45, 2.75) is 46.5 Å². The minimum absolute atomic E-state index is 0.176. The highest BCUT2D eigenvalue weighted by atomic mass is 16.1. The SMILES string of the molecule is C/C=C(\C)CNC(=O)CCCCC. The van der Waals surface area contributed by atoms with Crippen molar-refractivity contribution >= 4 is 5.91 Å². The smallest absolute Gasteiger partial charge is 0.220 e. The third kappa shape index (κ3) is 7.57. The molecule has 13 heavy (non-hydrogen) atoms. The van der Waals surface area contributed by atoms with E-state index in [0.29, 0.717) is 13.0 Å². The zero-order chi connectivity index (χ0) is 10.1. The summed E-state index contributed by atoms with van der Waals surface area (Å²) in [5.41, 5.74) is 1.21. The van der Waals surface area contributed by atoms with Crippen LogP contribution in [0.25, 0.3) is 0 Å². The van der Waals surface area contributed by atoms with Crippen molar-refractivity contribution in [3.63, 3.8) is 0 Å². The number of carbonyl (C=O) groups excluding carboxylic acids is 1. The molecule has 0 aromatic rings. The van der Waals surface area contributed by atoms with E-state index >= 15 is 0 Å². The minimum atomic E-state index is 0.176. The van der Waals surface area contributed by atoms with Crippen molar-refractivity contribution in [3.05, 3.63) is 11.6 Å². The first kappa shape index (κ1) is 12.2. The van der Waals surface area contributed by atoms with Gasteiger partial charge in [0.05, 0.1) is 0 Å². The van der Waals surface area contributed by atoms with E-state index in [2.05, 4.69) is 12.2 Å². The van der Waals surface area contributed by atoms with E-state index in [4.69, 9.17) is 0 Å². The monoisotopic (exact) mass is 183 g/mol. The van der Waals surface area contributed by atoms with Crippen molar-refractivity contribution in [2.75, 3.05) is 6.54 Å².